The lowest BCUT2D eigenvalue weighted by Gasteiger charge is -2.28. The van der Waals surface area contributed by atoms with Gasteiger partial charge in [0, 0.05) is 12.8 Å². The highest BCUT2D eigenvalue weighted by atomic mass is 35.5. The Bertz CT molecular complexity index is 951. The van der Waals surface area contributed by atoms with Gasteiger partial charge >= 0.3 is 0 Å². The van der Waals surface area contributed by atoms with Crippen molar-refractivity contribution in [3.05, 3.63) is 29.4 Å². The number of rotatable bonds is 3. The molecule has 1 aliphatic carbocycles. The van der Waals surface area contributed by atoms with Crippen LogP contribution in [0.3, 0.4) is 0 Å². The van der Waals surface area contributed by atoms with Crippen LogP contribution in [0.5, 0.6) is 5.75 Å². The van der Waals surface area contributed by atoms with Gasteiger partial charge in [-0.25, -0.2) is 21.9 Å². The summed E-state index contributed by atoms with van der Waals surface area (Å²) in [5, 5.41) is 4.38. The highest BCUT2D eigenvalue weighted by molar-refractivity contribution is 7.92. The summed E-state index contributed by atoms with van der Waals surface area (Å²) < 4.78 is 60.0. The van der Waals surface area contributed by atoms with Crippen LogP contribution in [-0.2, 0) is 16.6 Å². The molecule has 1 saturated carbocycles. The third-order valence-corrected chi connectivity index (χ3v) is 6.33. The topological polar surface area (TPSA) is 73.2 Å². The first kappa shape index (κ1) is 18.5. The second-order valence-corrected chi connectivity index (χ2v) is 9.06. The molecule has 1 aromatic carbocycles. The van der Waals surface area contributed by atoms with E-state index in [1.54, 1.807) is 24.3 Å². The van der Waals surface area contributed by atoms with Crippen molar-refractivity contribution in [3.8, 4) is 16.9 Å². The highest BCUT2D eigenvalue weighted by Crippen LogP contribution is 2.38. The summed E-state index contributed by atoms with van der Waals surface area (Å²) in [6.45, 7) is 0.234. The van der Waals surface area contributed by atoms with Gasteiger partial charge in [-0.3, -0.25) is 4.72 Å². The summed E-state index contributed by atoms with van der Waals surface area (Å²) in [7, 11) is -3.41. The van der Waals surface area contributed by atoms with Crippen LogP contribution in [0.4, 0.5) is 14.6 Å². The van der Waals surface area contributed by atoms with Gasteiger partial charge in [-0.05, 0) is 30.5 Å². The van der Waals surface area contributed by atoms with E-state index in [1.807, 2.05) is 0 Å². The van der Waals surface area contributed by atoms with Crippen molar-refractivity contribution in [2.45, 2.75) is 44.3 Å². The van der Waals surface area contributed by atoms with Crippen LogP contribution in [0.2, 0.25) is 5.15 Å². The molecule has 10 heteroatoms. The Morgan fingerprint density at radius 3 is 2.56 bits per heavy atom. The number of aryl methyl sites for hydroxylation is 1. The molecule has 1 N–H and O–H groups in total. The van der Waals surface area contributed by atoms with Crippen molar-refractivity contribution in [1.82, 2.24) is 9.78 Å². The molecule has 0 amide bonds. The molecule has 0 unspecified atom stereocenters. The largest absolute Gasteiger partial charge is 0.490 e. The molecule has 2 aromatic rings. The van der Waals surface area contributed by atoms with Crippen LogP contribution >= 0.6 is 11.6 Å². The number of hydrogen-bond acceptors (Lipinski definition) is 4. The first-order valence-corrected chi connectivity index (χ1v) is 10.7. The van der Waals surface area contributed by atoms with Crippen molar-refractivity contribution in [2.24, 2.45) is 0 Å². The number of anilines is 1. The van der Waals surface area contributed by atoms with Crippen molar-refractivity contribution in [3.63, 3.8) is 0 Å². The van der Waals surface area contributed by atoms with Gasteiger partial charge in [0.05, 0.1) is 24.0 Å². The van der Waals surface area contributed by atoms with Crippen molar-refractivity contribution in [2.75, 3.05) is 10.5 Å². The molecule has 146 valence electrons. The number of fused-ring (bicyclic) bond motifs is 1. The van der Waals surface area contributed by atoms with Gasteiger partial charge in [-0.2, -0.15) is 5.10 Å². The molecule has 1 fully saturated rings. The van der Waals surface area contributed by atoms with E-state index in [0.29, 0.717) is 35.5 Å². The summed E-state index contributed by atoms with van der Waals surface area (Å²) >= 11 is 6.22. The van der Waals surface area contributed by atoms with Gasteiger partial charge in [0.2, 0.25) is 15.9 Å². The standard InChI is InChI=1S/C17H18ClF2N3O3S/c18-15-14(16-22-27(24,25)10-9-23(16)21-15)11-1-3-12(4-2-11)26-13-5-7-17(19,20)8-6-13/h1-4,13,22H,5-10H2. The summed E-state index contributed by atoms with van der Waals surface area (Å²) in [6.07, 6.45) is 0.0930. The van der Waals surface area contributed by atoms with E-state index in [0.717, 1.165) is 0 Å². The highest BCUT2D eigenvalue weighted by Gasteiger charge is 2.35. The minimum atomic E-state index is -3.41. The van der Waals surface area contributed by atoms with E-state index in [4.69, 9.17) is 16.3 Å². The second-order valence-electron chi connectivity index (χ2n) is 6.86. The fraction of sp³-hybridized carbons (Fsp3) is 0.471. The van der Waals surface area contributed by atoms with Crippen LogP contribution in [0.15, 0.2) is 24.3 Å². The maximum absolute atomic E-state index is 13.2. The summed E-state index contributed by atoms with van der Waals surface area (Å²) in [4.78, 5) is 0. The Morgan fingerprint density at radius 1 is 1.22 bits per heavy atom. The lowest BCUT2D eigenvalue weighted by molar-refractivity contribution is -0.0582. The number of benzene rings is 1. The van der Waals surface area contributed by atoms with Crippen molar-refractivity contribution < 1.29 is 21.9 Å². The number of hydrogen-bond donors (Lipinski definition) is 1. The zero-order chi connectivity index (χ0) is 19.2. The molecule has 2 aliphatic rings. The van der Waals surface area contributed by atoms with Gasteiger partial charge in [0.25, 0.3) is 0 Å². The third-order valence-electron chi connectivity index (χ3n) is 4.84. The number of ether oxygens (including phenoxy) is 1. The average molecular weight is 418 g/mol. The number of alkyl halides is 2. The summed E-state index contributed by atoms with van der Waals surface area (Å²) in [5.74, 6) is -1.72. The predicted octanol–water partition coefficient (Wildman–Crippen LogP) is 3.92. The normalized spacial score (nSPS) is 21.3. The minimum absolute atomic E-state index is 0.0509. The molecule has 1 aromatic heterocycles. The number of nitrogens with zero attached hydrogens (tertiary/aromatic N) is 2. The Hall–Kier alpha value is -1.87. The van der Waals surface area contributed by atoms with E-state index >= 15 is 0 Å². The molecule has 0 atom stereocenters. The number of aromatic nitrogens is 2. The number of nitrogens with one attached hydrogen (secondary N) is 1. The Balaban J connectivity index is 1.53. The van der Waals surface area contributed by atoms with Gasteiger partial charge in [0.15, 0.2) is 5.15 Å². The quantitative estimate of drug-likeness (QED) is 0.821. The van der Waals surface area contributed by atoms with E-state index in [2.05, 4.69) is 9.82 Å². The van der Waals surface area contributed by atoms with E-state index in [1.165, 1.54) is 4.68 Å². The van der Waals surface area contributed by atoms with Crippen LogP contribution in [0.1, 0.15) is 25.7 Å². The third kappa shape index (κ3) is 3.89. The Morgan fingerprint density at radius 2 is 1.89 bits per heavy atom. The van der Waals surface area contributed by atoms with Crippen molar-refractivity contribution >= 4 is 27.4 Å². The van der Waals surface area contributed by atoms with Gasteiger partial charge in [0.1, 0.15) is 11.6 Å². The number of halogens is 3. The molecule has 0 spiro atoms. The van der Waals surface area contributed by atoms with Gasteiger partial charge in [-0.15, -0.1) is 0 Å². The monoisotopic (exact) mass is 417 g/mol. The average Bonchev–Trinajstić information content (AvgIpc) is 2.92. The minimum Gasteiger partial charge on any atom is -0.490 e. The molecular formula is C17H18ClF2N3O3S. The number of sulfonamides is 1. The van der Waals surface area contributed by atoms with Crippen molar-refractivity contribution in [1.29, 1.82) is 0 Å². The first-order valence-electron chi connectivity index (χ1n) is 8.64. The molecule has 1 aliphatic heterocycles. The maximum atomic E-state index is 13.2. The molecule has 0 saturated heterocycles. The van der Waals surface area contributed by atoms with Gasteiger partial charge in [-0.1, -0.05) is 23.7 Å². The van der Waals surface area contributed by atoms with Crippen LogP contribution in [-0.4, -0.2) is 36.0 Å². The van der Waals surface area contributed by atoms with Crippen LogP contribution in [0.25, 0.3) is 11.1 Å². The molecule has 0 bridgehead atoms. The second kappa shape index (κ2) is 6.63. The SMILES string of the molecule is O=S1(=O)CCn2nc(Cl)c(-c3ccc(OC4CCC(F)(F)CC4)cc3)c2N1. The Labute approximate surface area is 160 Å². The Kier molecular flexibility index (Phi) is 4.54. The summed E-state index contributed by atoms with van der Waals surface area (Å²) in [6, 6.07) is 6.94. The van der Waals surface area contributed by atoms with E-state index in [-0.39, 0.29) is 36.4 Å². The fourth-order valence-corrected chi connectivity index (χ4v) is 4.69. The molecular weight excluding hydrogens is 400 g/mol. The smallest absolute Gasteiger partial charge is 0.248 e. The molecule has 2 heterocycles. The molecule has 6 nitrogen and oxygen atoms in total. The zero-order valence-electron chi connectivity index (χ0n) is 14.3. The lowest BCUT2D eigenvalue weighted by atomic mass is 9.94. The van der Waals surface area contributed by atoms with Crippen LogP contribution < -0.4 is 9.46 Å². The predicted molar refractivity (Wildman–Crippen MR) is 97.9 cm³/mol. The summed E-state index contributed by atoms with van der Waals surface area (Å²) in [5.41, 5.74) is 1.19. The van der Waals surface area contributed by atoms with E-state index in [9.17, 15) is 17.2 Å². The lowest BCUT2D eigenvalue weighted by Crippen LogP contribution is -2.30. The molecule has 0 radical (unpaired) electrons. The maximum Gasteiger partial charge on any atom is 0.248 e. The zero-order valence-corrected chi connectivity index (χ0v) is 15.9. The molecule has 27 heavy (non-hydrogen) atoms. The van der Waals surface area contributed by atoms with Gasteiger partial charge < -0.3 is 4.74 Å². The van der Waals surface area contributed by atoms with Crippen LogP contribution in [0, 0.1) is 0 Å². The fourth-order valence-electron chi connectivity index (χ4n) is 3.38. The first-order chi connectivity index (χ1) is 12.7. The van der Waals surface area contributed by atoms with E-state index < -0.39 is 15.9 Å². The molecule has 4 rings (SSSR count).